The minimum atomic E-state index is -2.28. The van der Waals surface area contributed by atoms with Crippen molar-refractivity contribution in [3.8, 4) is 0 Å². The highest BCUT2D eigenvalue weighted by Crippen LogP contribution is 2.44. The number of unbranched alkanes of at least 4 members (excludes halogenated alkanes) is 1. The van der Waals surface area contributed by atoms with E-state index in [1.807, 2.05) is 0 Å². The molecule has 8 heteroatoms. The Hall–Kier alpha value is -0.670. The molecule has 2 rings (SSSR count). The number of carboxylic acids is 1. The van der Waals surface area contributed by atoms with Crippen molar-refractivity contribution in [1.29, 1.82) is 0 Å². The fourth-order valence-electron chi connectivity index (χ4n) is 4.05. The zero-order valence-corrected chi connectivity index (χ0v) is 20.3. The summed E-state index contributed by atoms with van der Waals surface area (Å²) in [6, 6.07) is 0. The van der Waals surface area contributed by atoms with Crippen LogP contribution in [-0.4, -0.2) is 38.1 Å². The van der Waals surface area contributed by atoms with Crippen LogP contribution in [0.3, 0.4) is 0 Å². The van der Waals surface area contributed by atoms with E-state index in [1.54, 1.807) is 36.5 Å². The molecule has 2 unspecified atom stereocenters. The second-order valence-corrected chi connectivity index (χ2v) is 10.5. The van der Waals surface area contributed by atoms with Gasteiger partial charge in [0.1, 0.15) is 0 Å². The highest BCUT2D eigenvalue weighted by Gasteiger charge is 2.54. The molecule has 4 N–H and O–H groups in total. The lowest BCUT2D eigenvalue weighted by Crippen LogP contribution is -2.56. The molecule has 1 aliphatic rings. The normalized spacial score (nSPS) is 23.4. The van der Waals surface area contributed by atoms with Crippen molar-refractivity contribution >= 4 is 49.2 Å². The molecule has 4 atom stereocenters. The van der Waals surface area contributed by atoms with Crippen molar-refractivity contribution < 1.29 is 25.2 Å². The van der Waals surface area contributed by atoms with Gasteiger partial charge in [0.15, 0.2) is 5.60 Å². The third-order valence-corrected chi connectivity index (χ3v) is 9.14. The molecule has 5 nitrogen and oxygen atoms in total. The highest BCUT2D eigenvalue weighted by molar-refractivity contribution is 9.13. The smallest absolute Gasteiger partial charge is 0.338 e. The number of hydrogen-bond acceptors (Lipinski definition) is 5. The van der Waals surface area contributed by atoms with Crippen molar-refractivity contribution in [2.45, 2.75) is 63.6 Å². The number of rotatable bonds is 10. The van der Waals surface area contributed by atoms with Crippen LogP contribution in [0.1, 0.15) is 51.0 Å². The number of aliphatic carboxylic acids is 1. The van der Waals surface area contributed by atoms with Crippen molar-refractivity contribution in [2.75, 3.05) is 0 Å². The van der Waals surface area contributed by atoms with E-state index < -0.39 is 29.5 Å². The predicted octanol–water partition coefficient (Wildman–Crippen LogP) is 5.60. The molecule has 1 aromatic heterocycles. The number of carbonyl (C=O) groups is 1. The molecular weight excluding hydrogens is 524 g/mol. The first-order chi connectivity index (χ1) is 13.7. The Morgan fingerprint density at radius 2 is 2.10 bits per heavy atom. The van der Waals surface area contributed by atoms with E-state index in [2.05, 4.69) is 37.2 Å². The number of hydrogen-bond donors (Lipinski definition) is 4. The van der Waals surface area contributed by atoms with Crippen molar-refractivity contribution in [1.82, 2.24) is 0 Å². The Morgan fingerprint density at radius 1 is 1.38 bits per heavy atom. The van der Waals surface area contributed by atoms with E-state index in [4.69, 9.17) is 0 Å². The molecule has 0 aliphatic heterocycles. The SMILES string of the molecule is C/C=C\C[C@@H](O)C(O)(C(=O)O)C1CCC[C@@H]1/C(O)=C\CCCc1csc(Br)c1Br. The number of aliphatic hydroxyl groups excluding tert-OH is 2. The summed E-state index contributed by atoms with van der Waals surface area (Å²) in [5.74, 6) is -2.50. The van der Waals surface area contributed by atoms with Gasteiger partial charge in [-0.25, -0.2) is 4.79 Å². The Bertz CT molecular complexity index is 760. The Balaban J connectivity index is 2.05. The molecule has 0 amide bonds. The monoisotopic (exact) mass is 550 g/mol. The van der Waals surface area contributed by atoms with E-state index in [9.17, 15) is 25.2 Å². The summed E-state index contributed by atoms with van der Waals surface area (Å²) in [6.07, 6.45) is 7.82. The van der Waals surface area contributed by atoms with Crippen molar-refractivity contribution in [2.24, 2.45) is 11.8 Å². The zero-order chi connectivity index (χ0) is 21.6. The molecule has 162 valence electrons. The van der Waals surface area contributed by atoms with Gasteiger partial charge in [-0.05, 0) is 94.3 Å². The second-order valence-electron chi connectivity index (χ2n) is 7.46. The highest BCUT2D eigenvalue weighted by atomic mass is 79.9. The number of aliphatic hydroxyl groups is 3. The maximum Gasteiger partial charge on any atom is 0.338 e. The zero-order valence-electron chi connectivity index (χ0n) is 16.4. The van der Waals surface area contributed by atoms with E-state index in [-0.39, 0.29) is 12.2 Å². The van der Waals surface area contributed by atoms with E-state index in [1.165, 1.54) is 5.56 Å². The van der Waals surface area contributed by atoms with Crippen molar-refractivity contribution in [3.63, 3.8) is 0 Å². The second kappa shape index (κ2) is 11.1. The van der Waals surface area contributed by atoms with Crippen LogP contribution in [0.2, 0.25) is 0 Å². The molecule has 1 aliphatic carbocycles. The number of thiophene rings is 1. The van der Waals surface area contributed by atoms with Gasteiger partial charge in [-0.3, -0.25) is 0 Å². The molecule has 1 saturated carbocycles. The third kappa shape index (κ3) is 5.73. The molecule has 0 radical (unpaired) electrons. The molecule has 1 heterocycles. The van der Waals surface area contributed by atoms with Gasteiger partial charge in [-0.1, -0.05) is 18.6 Å². The van der Waals surface area contributed by atoms with E-state index in [0.717, 1.165) is 21.1 Å². The van der Waals surface area contributed by atoms with Crippen LogP contribution in [0.15, 0.2) is 37.6 Å². The number of halogens is 2. The van der Waals surface area contributed by atoms with Crippen LogP contribution in [0, 0.1) is 11.8 Å². The first-order valence-corrected chi connectivity index (χ1v) is 12.2. The molecule has 1 fully saturated rings. The average Bonchev–Trinajstić information content (AvgIpc) is 3.30. The summed E-state index contributed by atoms with van der Waals surface area (Å²) in [5, 5.41) is 43.7. The van der Waals surface area contributed by atoms with Gasteiger partial charge in [0.2, 0.25) is 0 Å². The summed E-state index contributed by atoms with van der Waals surface area (Å²) in [5.41, 5.74) is -1.07. The third-order valence-electron chi connectivity index (χ3n) is 5.67. The topological polar surface area (TPSA) is 98.0 Å². The lowest BCUT2D eigenvalue weighted by atomic mass is 9.74. The first kappa shape index (κ1) is 24.6. The van der Waals surface area contributed by atoms with Gasteiger partial charge in [0.05, 0.1) is 15.6 Å². The van der Waals surface area contributed by atoms with Gasteiger partial charge in [-0.2, -0.15) is 0 Å². The summed E-state index contributed by atoms with van der Waals surface area (Å²) in [7, 11) is 0. The van der Waals surface area contributed by atoms with Crippen LogP contribution in [0.5, 0.6) is 0 Å². The molecule has 1 aromatic rings. The minimum Gasteiger partial charge on any atom is -0.512 e. The number of aryl methyl sites for hydroxylation is 1. The fraction of sp³-hybridized carbons (Fsp3) is 0.571. The average molecular weight is 552 g/mol. The van der Waals surface area contributed by atoms with Crippen LogP contribution >= 0.6 is 43.2 Å². The van der Waals surface area contributed by atoms with Gasteiger partial charge < -0.3 is 20.4 Å². The quantitative estimate of drug-likeness (QED) is 0.172. The maximum absolute atomic E-state index is 11.9. The molecule has 0 saturated heterocycles. The summed E-state index contributed by atoms with van der Waals surface area (Å²) in [6.45, 7) is 1.77. The summed E-state index contributed by atoms with van der Waals surface area (Å²) < 4.78 is 2.12. The Kier molecular flexibility index (Phi) is 9.41. The van der Waals surface area contributed by atoms with Gasteiger partial charge in [0.25, 0.3) is 0 Å². The van der Waals surface area contributed by atoms with Gasteiger partial charge >= 0.3 is 5.97 Å². The molecular formula is C21H28Br2O5S. The number of carboxylic acid groups (broad SMARTS) is 1. The minimum absolute atomic E-state index is 0.0536. The molecule has 29 heavy (non-hydrogen) atoms. The first-order valence-electron chi connectivity index (χ1n) is 9.78. The van der Waals surface area contributed by atoms with E-state index >= 15 is 0 Å². The molecule has 0 aromatic carbocycles. The van der Waals surface area contributed by atoms with Crippen LogP contribution < -0.4 is 0 Å². The summed E-state index contributed by atoms with van der Waals surface area (Å²) in [4.78, 5) is 11.9. The maximum atomic E-state index is 11.9. The van der Waals surface area contributed by atoms with Gasteiger partial charge in [-0.15, -0.1) is 11.3 Å². The lowest BCUT2D eigenvalue weighted by Gasteiger charge is -2.37. The Morgan fingerprint density at radius 3 is 2.69 bits per heavy atom. The standard InChI is InChI=1S/C21H28Br2O5S/c1-2-3-11-17(25)21(28,20(26)27)15-9-6-8-14(15)16(24)10-5-4-7-13-12-29-19(23)18(13)22/h2-3,10,12,14-15,17,24-25,28H,4-9,11H2,1H3,(H,26,27)/b3-2-,16-10+/t14-,15?,17+,21?/m0/s1. The fourth-order valence-corrected chi connectivity index (χ4v) is 6.04. The lowest BCUT2D eigenvalue weighted by molar-refractivity contribution is -0.184. The van der Waals surface area contributed by atoms with Gasteiger partial charge in [0, 0.05) is 16.3 Å². The molecule has 0 bridgehead atoms. The van der Waals surface area contributed by atoms with Crippen molar-refractivity contribution in [3.05, 3.63) is 43.2 Å². The largest absolute Gasteiger partial charge is 0.512 e. The van der Waals surface area contributed by atoms with Crippen LogP contribution in [0.4, 0.5) is 0 Å². The van der Waals surface area contributed by atoms with Crippen LogP contribution in [-0.2, 0) is 11.2 Å². The molecule has 0 spiro atoms. The summed E-state index contributed by atoms with van der Waals surface area (Å²) >= 11 is 8.65. The predicted molar refractivity (Wildman–Crippen MR) is 122 cm³/mol. The Labute approximate surface area is 192 Å². The van der Waals surface area contributed by atoms with E-state index in [0.29, 0.717) is 25.7 Å². The number of allylic oxidation sites excluding steroid dienone is 3. The van der Waals surface area contributed by atoms with Crippen LogP contribution in [0.25, 0.3) is 0 Å².